The molecular weight excluding hydrogens is 378 g/mol. The van der Waals surface area contributed by atoms with Crippen molar-refractivity contribution in [2.24, 2.45) is 5.92 Å². The molecule has 0 bridgehead atoms. The van der Waals surface area contributed by atoms with Gasteiger partial charge in [0.05, 0.1) is 11.5 Å². The first-order valence-electron chi connectivity index (χ1n) is 9.04. The summed E-state index contributed by atoms with van der Waals surface area (Å²) in [6.45, 7) is 4.39. The number of non-ortho nitro benzene ring substituents is 1. The summed E-state index contributed by atoms with van der Waals surface area (Å²) >= 11 is 0. The fourth-order valence-corrected chi connectivity index (χ4v) is 2.19. The number of hydrazine groups is 1. The van der Waals surface area contributed by atoms with Crippen LogP contribution in [0.1, 0.15) is 30.6 Å². The van der Waals surface area contributed by atoms with Gasteiger partial charge in [-0.1, -0.05) is 19.9 Å². The minimum Gasteiger partial charge on any atom is -0.494 e. The third-order valence-electron chi connectivity index (χ3n) is 3.79. The molecule has 2 aromatic rings. The summed E-state index contributed by atoms with van der Waals surface area (Å²) in [6.07, 6.45) is 0.904. The van der Waals surface area contributed by atoms with Crippen LogP contribution >= 0.6 is 0 Å². The highest BCUT2D eigenvalue weighted by atomic mass is 16.6. The van der Waals surface area contributed by atoms with Gasteiger partial charge in [0, 0.05) is 17.7 Å². The van der Waals surface area contributed by atoms with Gasteiger partial charge in [-0.2, -0.15) is 0 Å². The molecule has 0 saturated heterocycles. The van der Waals surface area contributed by atoms with Crippen molar-refractivity contribution in [1.82, 2.24) is 10.9 Å². The molecule has 154 valence electrons. The highest BCUT2D eigenvalue weighted by molar-refractivity contribution is 5.95. The number of hydrogen-bond acceptors (Lipinski definition) is 6. The average molecular weight is 401 g/mol. The maximum Gasteiger partial charge on any atom is 0.276 e. The van der Waals surface area contributed by atoms with Crippen molar-refractivity contribution < 1.29 is 24.0 Å². The number of nitro benzene ring substituents is 1. The van der Waals surface area contributed by atoms with Crippen LogP contribution in [0, 0.1) is 16.0 Å². The van der Waals surface area contributed by atoms with Crippen LogP contribution in [-0.2, 0) is 4.79 Å². The van der Waals surface area contributed by atoms with E-state index in [-0.39, 0.29) is 12.3 Å². The van der Waals surface area contributed by atoms with Gasteiger partial charge >= 0.3 is 0 Å². The number of nitrogens with one attached hydrogen (secondary N) is 2. The third-order valence-corrected chi connectivity index (χ3v) is 3.79. The standard InChI is InChI=1S/C20H23N3O6/c1-14(2)10-11-28-18-5-3-4-15(12-18)20(25)22-21-19(24)13-29-17-8-6-16(7-9-17)23(26)27/h3-9,12,14H,10-11,13H2,1-2H3,(H,21,24)(H,22,25). The summed E-state index contributed by atoms with van der Waals surface area (Å²) in [4.78, 5) is 34.1. The number of carbonyl (C=O) groups is 2. The lowest BCUT2D eigenvalue weighted by molar-refractivity contribution is -0.384. The smallest absolute Gasteiger partial charge is 0.276 e. The summed E-state index contributed by atoms with van der Waals surface area (Å²) in [5.74, 6) is 0.309. The van der Waals surface area contributed by atoms with Crippen molar-refractivity contribution in [3.63, 3.8) is 0 Å². The van der Waals surface area contributed by atoms with Crippen LogP contribution in [0.25, 0.3) is 0 Å². The molecule has 0 aliphatic heterocycles. The van der Waals surface area contributed by atoms with Crippen LogP contribution in [0.15, 0.2) is 48.5 Å². The van der Waals surface area contributed by atoms with E-state index in [9.17, 15) is 19.7 Å². The van der Waals surface area contributed by atoms with Crippen LogP contribution in [0.4, 0.5) is 5.69 Å². The van der Waals surface area contributed by atoms with Gasteiger partial charge in [-0.25, -0.2) is 0 Å². The molecule has 0 spiro atoms. The summed E-state index contributed by atoms with van der Waals surface area (Å²) < 4.78 is 10.8. The van der Waals surface area contributed by atoms with E-state index < -0.39 is 16.7 Å². The number of nitro groups is 1. The van der Waals surface area contributed by atoms with Crippen LogP contribution < -0.4 is 20.3 Å². The Morgan fingerprint density at radius 3 is 2.41 bits per heavy atom. The molecule has 0 atom stereocenters. The summed E-state index contributed by atoms with van der Waals surface area (Å²) in [7, 11) is 0. The lowest BCUT2D eigenvalue weighted by Crippen LogP contribution is -2.43. The lowest BCUT2D eigenvalue weighted by atomic mass is 10.1. The molecule has 29 heavy (non-hydrogen) atoms. The van der Waals surface area contributed by atoms with E-state index in [2.05, 4.69) is 24.7 Å². The number of nitrogens with zero attached hydrogens (tertiary/aromatic N) is 1. The minimum atomic E-state index is -0.582. The zero-order chi connectivity index (χ0) is 21.2. The van der Waals surface area contributed by atoms with Gasteiger partial charge in [0.2, 0.25) is 0 Å². The molecule has 0 aliphatic rings. The van der Waals surface area contributed by atoms with E-state index >= 15 is 0 Å². The molecule has 0 aromatic heterocycles. The first-order chi connectivity index (χ1) is 13.8. The first-order valence-corrected chi connectivity index (χ1v) is 9.04. The zero-order valence-corrected chi connectivity index (χ0v) is 16.2. The third kappa shape index (κ3) is 7.49. The zero-order valence-electron chi connectivity index (χ0n) is 16.2. The summed E-state index contributed by atoms with van der Waals surface area (Å²) in [5.41, 5.74) is 4.80. The van der Waals surface area contributed by atoms with Crippen molar-refractivity contribution >= 4 is 17.5 Å². The Labute approximate surface area is 168 Å². The quantitative estimate of drug-likeness (QED) is 0.492. The van der Waals surface area contributed by atoms with Crippen LogP contribution in [0.5, 0.6) is 11.5 Å². The fraction of sp³-hybridized carbons (Fsp3) is 0.300. The Bertz CT molecular complexity index is 852. The van der Waals surface area contributed by atoms with E-state index in [0.29, 0.717) is 29.6 Å². The molecule has 0 saturated carbocycles. The summed E-state index contributed by atoms with van der Waals surface area (Å²) in [6, 6.07) is 12.0. The maximum absolute atomic E-state index is 12.2. The molecule has 0 heterocycles. The number of hydrogen-bond donors (Lipinski definition) is 2. The molecule has 2 amide bonds. The molecule has 9 nitrogen and oxygen atoms in total. The highest BCUT2D eigenvalue weighted by Crippen LogP contribution is 2.17. The van der Waals surface area contributed by atoms with Gasteiger partial charge in [0.1, 0.15) is 11.5 Å². The van der Waals surface area contributed by atoms with Gasteiger partial charge in [-0.3, -0.25) is 30.6 Å². The van der Waals surface area contributed by atoms with Gasteiger partial charge in [0.25, 0.3) is 17.5 Å². The number of amides is 2. The normalized spacial score (nSPS) is 10.3. The van der Waals surface area contributed by atoms with Gasteiger partial charge in [0.15, 0.2) is 6.61 Å². The molecule has 0 radical (unpaired) electrons. The topological polar surface area (TPSA) is 120 Å². The Hall–Kier alpha value is -3.62. The first kappa shape index (κ1) is 21.7. The van der Waals surface area contributed by atoms with E-state index in [1.165, 1.54) is 24.3 Å². The molecule has 2 N–H and O–H groups in total. The second-order valence-electron chi connectivity index (χ2n) is 6.60. The van der Waals surface area contributed by atoms with E-state index in [1.807, 2.05) is 0 Å². The van der Waals surface area contributed by atoms with Crippen molar-refractivity contribution in [1.29, 1.82) is 0 Å². The summed E-state index contributed by atoms with van der Waals surface area (Å²) in [5, 5.41) is 10.6. The van der Waals surface area contributed by atoms with Gasteiger partial charge in [-0.05, 0) is 42.7 Å². The van der Waals surface area contributed by atoms with Crippen LogP contribution in [0.2, 0.25) is 0 Å². The molecule has 0 fully saturated rings. The lowest BCUT2D eigenvalue weighted by Gasteiger charge is -2.11. The Morgan fingerprint density at radius 1 is 1.03 bits per heavy atom. The van der Waals surface area contributed by atoms with E-state index in [1.54, 1.807) is 24.3 Å². The number of rotatable bonds is 9. The second kappa shape index (κ2) is 10.6. The SMILES string of the molecule is CC(C)CCOc1cccc(C(=O)NNC(=O)COc2ccc([N+](=O)[O-])cc2)c1. The monoisotopic (exact) mass is 401 g/mol. The molecular formula is C20H23N3O6. The number of carbonyl (C=O) groups excluding carboxylic acids is 2. The van der Waals surface area contributed by atoms with Gasteiger partial charge < -0.3 is 9.47 Å². The van der Waals surface area contributed by atoms with Crippen molar-refractivity contribution in [2.75, 3.05) is 13.2 Å². The minimum absolute atomic E-state index is 0.0792. The van der Waals surface area contributed by atoms with Crippen molar-refractivity contribution in [3.8, 4) is 11.5 Å². The molecule has 2 aromatic carbocycles. The largest absolute Gasteiger partial charge is 0.494 e. The predicted molar refractivity (Wildman–Crippen MR) is 106 cm³/mol. The Morgan fingerprint density at radius 2 is 1.76 bits per heavy atom. The predicted octanol–water partition coefficient (Wildman–Crippen LogP) is 2.86. The molecule has 2 rings (SSSR count). The molecule has 0 unspecified atom stereocenters. The number of benzene rings is 2. The Balaban J connectivity index is 1.77. The van der Waals surface area contributed by atoms with Crippen molar-refractivity contribution in [3.05, 3.63) is 64.2 Å². The molecule has 0 aliphatic carbocycles. The van der Waals surface area contributed by atoms with Gasteiger partial charge in [-0.15, -0.1) is 0 Å². The fourth-order valence-electron chi connectivity index (χ4n) is 2.19. The average Bonchev–Trinajstić information content (AvgIpc) is 2.70. The van der Waals surface area contributed by atoms with Crippen LogP contribution in [0.3, 0.4) is 0 Å². The highest BCUT2D eigenvalue weighted by Gasteiger charge is 2.10. The maximum atomic E-state index is 12.2. The van der Waals surface area contributed by atoms with Crippen molar-refractivity contribution in [2.45, 2.75) is 20.3 Å². The van der Waals surface area contributed by atoms with E-state index in [0.717, 1.165) is 6.42 Å². The Kier molecular flexibility index (Phi) is 7.96. The van der Waals surface area contributed by atoms with Crippen LogP contribution in [-0.4, -0.2) is 30.0 Å². The second-order valence-corrected chi connectivity index (χ2v) is 6.60. The molecule has 9 heteroatoms. The van der Waals surface area contributed by atoms with E-state index in [4.69, 9.17) is 9.47 Å². The number of ether oxygens (including phenoxy) is 2.